The number of likely N-dealkylation sites (tertiary alicyclic amines) is 1. The molecule has 10 nitrogen and oxygen atoms in total. The zero-order valence-corrected chi connectivity index (χ0v) is 19.3. The summed E-state index contributed by atoms with van der Waals surface area (Å²) >= 11 is 0. The Morgan fingerprint density at radius 3 is 2.50 bits per heavy atom. The zero-order valence-electron chi connectivity index (χ0n) is 19.3. The van der Waals surface area contributed by atoms with Crippen molar-refractivity contribution in [2.45, 2.75) is 44.9 Å². The predicted molar refractivity (Wildman–Crippen MR) is 119 cm³/mol. The molecule has 0 bridgehead atoms. The van der Waals surface area contributed by atoms with Crippen LogP contribution in [0.15, 0.2) is 42.1 Å². The monoisotopic (exact) mass is 468 g/mol. The van der Waals surface area contributed by atoms with Crippen LogP contribution >= 0.6 is 0 Å². The van der Waals surface area contributed by atoms with Gasteiger partial charge in [0.05, 0.1) is 38.1 Å². The number of halogens is 1. The number of hydrogen-bond donors (Lipinski definition) is 1. The van der Waals surface area contributed by atoms with Crippen molar-refractivity contribution in [1.29, 1.82) is 0 Å². The van der Waals surface area contributed by atoms with Crippen molar-refractivity contribution in [3.8, 4) is 5.82 Å². The van der Waals surface area contributed by atoms with Crippen LogP contribution in [0.1, 0.15) is 39.3 Å². The van der Waals surface area contributed by atoms with E-state index in [9.17, 15) is 18.8 Å². The third kappa shape index (κ3) is 4.31. The molecule has 0 aliphatic carbocycles. The summed E-state index contributed by atoms with van der Waals surface area (Å²) in [6, 6.07) is 3.12. The van der Waals surface area contributed by atoms with Crippen LogP contribution in [0.3, 0.4) is 0 Å². The van der Waals surface area contributed by atoms with Crippen LogP contribution in [0.2, 0.25) is 0 Å². The number of pyridine rings is 1. The molecular formula is C23H25FN6O4. The van der Waals surface area contributed by atoms with Gasteiger partial charge in [-0.3, -0.25) is 0 Å². The topological polar surface area (TPSA) is 110 Å². The Labute approximate surface area is 195 Å². The van der Waals surface area contributed by atoms with Crippen molar-refractivity contribution >= 4 is 18.0 Å². The lowest BCUT2D eigenvalue weighted by Crippen LogP contribution is -2.75. The number of amides is 1. The number of piperazine rings is 1. The van der Waals surface area contributed by atoms with Crippen LogP contribution in [0.25, 0.3) is 5.82 Å². The maximum atomic E-state index is 13.3. The Morgan fingerprint density at radius 1 is 1.24 bits per heavy atom. The van der Waals surface area contributed by atoms with Crippen LogP contribution in [0.5, 0.6) is 0 Å². The maximum absolute atomic E-state index is 13.3. The van der Waals surface area contributed by atoms with Crippen LogP contribution < -0.4 is 5.32 Å². The third-order valence-electron chi connectivity index (χ3n) is 5.76. The lowest BCUT2D eigenvalue weighted by atomic mass is 9.82. The second kappa shape index (κ2) is 8.44. The van der Waals surface area contributed by atoms with E-state index < -0.39 is 23.1 Å². The minimum Gasteiger partial charge on any atom is -0.444 e. The summed E-state index contributed by atoms with van der Waals surface area (Å²) in [5, 5.41) is 6.97. The first-order valence-electron chi connectivity index (χ1n) is 10.7. The molecular weight excluding hydrogens is 443 g/mol. The first-order chi connectivity index (χ1) is 16.0. The van der Waals surface area contributed by atoms with Gasteiger partial charge < -0.3 is 19.9 Å². The summed E-state index contributed by atoms with van der Waals surface area (Å²) < 4.78 is 20.0. The summed E-state index contributed by atoms with van der Waals surface area (Å²) in [5.74, 6) is 3.88. The molecule has 0 radical (unpaired) electrons. The lowest BCUT2D eigenvalue weighted by Gasteiger charge is -2.56. The molecule has 4 heterocycles. The fourth-order valence-corrected chi connectivity index (χ4v) is 4.13. The van der Waals surface area contributed by atoms with Crippen molar-refractivity contribution in [3.05, 3.63) is 53.5 Å². The van der Waals surface area contributed by atoms with Gasteiger partial charge in [-0.05, 0) is 39.3 Å². The molecule has 1 amide bonds. The summed E-state index contributed by atoms with van der Waals surface area (Å²) in [7, 11) is 0. The largest absolute Gasteiger partial charge is 0.444 e. The number of rotatable bonds is 3. The van der Waals surface area contributed by atoms with Crippen LogP contribution in [-0.4, -0.2) is 73.3 Å². The first-order valence-corrected chi connectivity index (χ1v) is 10.7. The average Bonchev–Trinajstić information content (AvgIpc) is 3.21. The highest BCUT2D eigenvalue weighted by Crippen LogP contribution is 2.38. The minimum absolute atomic E-state index is 0.121. The molecule has 11 heteroatoms. The van der Waals surface area contributed by atoms with E-state index in [-0.39, 0.29) is 31.4 Å². The van der Waals surface area contributed by atoms with E-state index in [0.717, 1.165) is 11.8 Å². The predicted octanol–water partition coefficient (Wildman–Crippen LogP) is 1.79. The van der Waals surface area contributed by atoms with Crippen LogP contribution in [0, 0.1) is 5.82 Å². The van der Waals surface area contributed by atoms with Crippen molar-refractivity contribution in [3.63, 3.8) is 0 Å². The van der Waals surface area contributed by atoms with Gasteiger partial charge in [-0.15, -0.1) is 0 Å². The number of nitrogens with zero attached hydrogens (tertiary/aromatic N) is 5. The van der Waals surface area contributed by atoms with Crippen LogP contribution in [-0.2, 0) is 14.3 Å². The Morgan fingerprint density at radius 2 is 1.97 bits per heavy atom. The fourth-order valence-electron chi connectivity index (χ4n) is 4.13. The average molecular weight is 468 g/mol. The molecule has 2 aliphatic rings. The number of carbonyl (C=O) groups excluding carboxylic acids is 3. The standard InChI is InChI=1S/C23H25FN6O4/c1-15(16-5-6-20(25-7-16)30-9-17(24)8-26-30)29-10-18(11-31)27-23(19(29)12-32)13-28(14-23)21(33)34-22(2,3)4/h5-9,15,27H,10,13-14H2,1-4H3/t15-/m0/s1. The Balaban J connectivity index is 1.56. The highest BCUT2D eigenvalue weighted by Gasteiger charge is 2.55. The highest BCUT2D eigenvalue weighted by molar-refractivity contribution is 5.72. The summed E-state index contributed by atoms with van der Waals surface area (Å²) in [4.78, 5) is 43.7. The lowest BCUT2D eigenvalue weighted by molar-refractivity contribution is -0.0168. The summed E-state index contributed by atoms with van der Waals surface area (Å²) in [5.41, 5.74) is -0.283. The molecule has 2 aromatic heterocycles. The van der Waals surface area contributed by atoms with Crippen molar-refractivity contribution in [2.24, 2.45) is 0 Å². The molecule has 2 aliphatic heterocycles. The number of hydrogen-bond acceptors (Lipinski definition) is 8. The maximum Gasteiger partial charge on any atom is 0.410 e. The molecule has 0 saturated carbocycles. The quantitative estimate of drug-likeness (QED) is 0.679. The number of ether oxygens (including phenoxy) is 1. The normalized spacial score (nSPS) is 18.0. The fraction of sp³-hybridized carbons (Fsp3) is 0.435. The van der Waals surface area contributed by atoms with E-state index in [1.807, 2.05) is 18.8 Å². The Kier molecular flexibility index (Phi) is 5.77. The molecule has 2 fully saturated rings. The van der Waals surface area contributed by atoms with E-state index in [4.69, 9.17) is 4.74 Å². The Bertz CT molecular complexity index is 1200. The molecule has 2 saturated heterocycles. The first kappa shape index (κ1) is 23.2. The second-order valence-electron chi connectivity index (χ2n) is 9.43. The van der Waals surface area contributed by atoms with Crippen molar-refractivity contribution in [2.75, 3.05) is 19.6 Å². The minimum atomic E-state index is -0.960. The molecule has 34 heavy (non-hydrogen) atoms. The van der Waals surface area contributed by atoms with Gasteiger partial charge in [0.15, 0.2) is 11.6 Å². The van der Waals surface area contributed by atoms with Gasteiger partial charge in [-0.25, -0.2) is 28.4 Å². The molecule has 1 N–H and O–H groups in total. The third-order valence-corrected chi connectivity index (χ3v) is 5.76. The number of carbonyl (C=O) groups is 1. The van der Waals surface area contributed by atoms with E-state index in [2.05, 4.69) is 15.4 Å². The summed E-state index contributed by atoms with van der Waals surface area (Å²) in [6.45, 7) is 7.59. The molecule has 178 valence electrons. The molecule has 0 aromatic carbocycles. The van der Waals surface area contributed by atoms with Gasteiger partial charge >= 0.3 is 6.09 Å². The smallest absolute Gasteiger partial charge is 0.410 e. The Hall–Kier alpha value is -3.94. The van der Waals surface area contributed by atoms with E-state index >= 15 is 0 Å². The number of nitrogens with one attached hydrogen (secondary N) is 1. The summed E-state index contributed by atoms with van der Waals surface area (Å²) in [6.07, 6.45) is 3.41. The SMILES string of the molecule is C[C@@H](c1ccc(-n2cc(F)cn2)nc1)N1CC(=C=O)NC2(CN(C(=O)OC(C)(C)C)C2)C1=C=O. The van der Waals surface area contributed by atoms with E-state index in [1.165, 1.54) is 15.8 Å². The molecule has 4 rings (SSSR count). The zero-order chi connectivity index (χ0) is 24.7. The molecule has 1 atom stereocenters. The van der Waals surface area contributed by atoms with Crippen molar-refractivity contribution < 1.29 is 23.5 Å². The van der Waals surface area contributed by atoms with Crippen molar-refractivity contribution in [1.82, 2.24) is 29.9 Å². The highest BCUT2D eigenvalue weighted by atomic mass is 19.1. The van der Waals surface area contributed by atoms with Gasteiger partial charge in [-0.1, -0.05) is 6.07 Å². The van der Waals surface area contributed by atoms with E-state index in [1.54, 1.807) is 44.0 Å². The molecule has 2 aromatic rings. The molecule has 1 spiro atoms. The number of aromatic nitrogens is 3. The van der Waals surface area contributed by atoms with E-state index in [0.29, 0.717) is 11.5 Å². The molecule has 0 unspecified atom stereocenters. The van der Waals surface area contributed by atoms with Gasteiger partial charge in [0.2, 0.25) is 0 Å². The van der Waals surface area contributed by atoms with Gasteiger partial charge in [0, 0.05) is 6.20 Å². The van der Waals surface area contributed by atoms with Crippen LogP contribution in [0.4, 0.5) is 9.18 Å². The van der Waals surface area contributed by atoms with Gasteiger partial charge in [-0.2, -0.15) is 5.10 Å². The van der Waals surface area contributed by atoms with Gasteiger partial charge in [0.25, 0.3) is 0 Å². The van der Waals surface area contributed by atoms with Gasteiger partial charge in [0.1, 0.15) is 34.4 Å². The second-order valence-corrected chi connectivity index (χ2v) is 9.43.